The summed E-state index contributed by atoms with van der Waals surface area (Å²) in [6.45, 7) is 6.84. The molecule has 4 rings (SSSR count). The summed E-state index contributed by atoms with van der Waals surface area (Å²) < 4.78 is 5.51. The Morgan fingerprint density at radius 2 is 1.70 bits per heavy atom. The van der Waals surface area contributed by atoms with Gasteiger partial charge in [0.2, 0.25) is 11.8 Å². The highest BCUT2D eigenvalue weighted by Gasteiger charge is 2.22. The van der Waals surface area contributed by atoms with Crippen molar-refractivity contribution in [3.63, 3.8) is 0 Å². The van der Waals surface area contributed by atoms with Crippen LogP contribution < -0.4 is 10.2 Å². The summed E-state index contributed by atoms with van der Waals surface area (Å²) in [6, 6.07) is 17.2. The third-order valence-corrected chi connectivity index (χ3v) is 6.17. The molecule has 2 amide bonds. The van der Waals surface area contributed by atoms with Crippen molar-refractivity contribution in [2.75, 3.05) is 42.1 Å². The number of aromatic nitrogens is 2. The van der Waals surface area contributed by atoms with Gasteiger partial charge in [-0.25, -0.2) is 0 Å². The minimum Gasteiger partial charge on any atom is -0.416 e. The summed E-state index contributed by atoms with van der Waals surface area (Å²) in [4.78, 5) is 29.0. The summed E-state index contributed by atoms with van der Waals surface area (Å²) in [5.74, 6) is 0.862. The van der Waals surface area contributed by atoms with Crippen LogP contribution in [0.3, 0.4) is 0 Å². The highest BCUT2D eigenvalue weighted by molar-refractivity contribution is 7.99. The molecular weight excluding hydrogens is 438 g/mol. The number of rotatable bonds is 7. The molecule has 1 aliphatic rings. The quantitative estimate of drug-likeness (QED) is 0.529. The first kappa shape index (κ1) is 22.8. The smallest absolute Gasteiger partial charge is 0.277 e. The molecule has 0 saturated carbocycles. The van der Waals surface area contributed by atoms with Crippen LogP contribution in [-0.2, 0) is 4.79 Å². The van der Waals surface area contributed by atoms with Gasteiger partial charge < -0.3 is 19.5 Å². The molecule has 2 aromatic carbocycles. The van der Waals surface area contributed by atoms with Crippen LogP contribution in [0.4, 0.5) is 11.4 Å². The van der Waals surface area contributed by atoms with E-state index in [1.54, 1.807) is 0 Å². The second-order valence-corrected chi connectivity index (χ2v) is 9.02. The summed E-state index contributed by atoms with van der Waals surface area (Å²) in [6.07, 6.45) is 0. The van der Waals surface area contributed by atoms with Crippen LogP contribution in [0.15, 0.2) is 64.2 Å². The van der Waals surface area contributed by atoms with Gasteiger partial charge in [-0.15, -0.1) is 10.2 Å². The van der Waals surface area contributed by atoms with Crippen molar-refractivity contribution in [1.82, 2.24) is 15.1 Å². The maximum absolute atomic E-state index is 12.6. The van der Waals surface area contributed by atoms with Crippen LogP contribution in [0.2, 0.25) is 0 Å². The standard InChI is InChI=1S/C24H27N5O3S/c1-17(2)22-26-27-24(32-22)33-16-21(30)25-19-8-10-20(11-9-19)28-12-14-29(15-13-28)23(31)18-6-4-3-5-7-18/h3-11,17H,12-16H2,1-2H3,(H,25,30). The number of piperazine rings is 1. The van der Waals surface area contributed by atoms with E-state index in [2.05, 4.69) is 20.4 Å². The molecule has 1 aromatic heterocycles. The van der Waals surface area contributed by atoms with Gasteiger partial charge >= 0.3 is 0 Å². The van der Waals surface area contributed by atoms with Crippen molar-refractivity contribution in [3.8, 4) is 0 Å². The predicted molar refractivity (Wildman–Crippen MR) is 129 cm³/mol. The van der Waals surface area contributed by atoms with Crippen LogP contribution >= 0.6 is 11.8 Å². The van der Waals surface area contributed by atoms with Crippen LogP contribution in [0.1, 0.15) is 36.0 Å². The average molecular weight is 466 g/mol. The van der Waals surface area contributed by atoms with Crippen LogP contribution in [0.25, 0.3) is 0 Å². The summed E-state index contributed by atoms with van der Waals surface area (Å²) in [5, 5.41) is 11.2. The highest BCUT2D eigenvalue weighted by Crippen LogP contribution is 2.22. The largest absolute Gasteiger partial charge is 0.416 e. The van der Waals surface area contributed by atoms with Crippen molar-refractivity contribution in [3.05, 3.63) is 66.1 Å². The first-order valence-corrected chi connectivity index (χ1v) is 11.9. The second kappa shape index (κ2) is 10.5. The van der Waals surface area contributed by atoms with E-state index in [9.17, 15) is 9.59 Å². The molecule has 172 valence electrons. The Morgan fingerprint density at radius 3 is 2.33 bits per heavy atom. The molecule has 1 fully saturated rings. The topological polar surface area (TPSA) is 91.6 Å². The van der Waals surface area contributed by atoms with E-state index in [4.69, 9.17) is 4.42 Å². The van der Waals surface area contributed by atoms with Gasteiger partial charge in [0.15, 0.2) is 0 Å². The van der Waals surface area contributed by atoms with Gasteiger partial charge in [-0.05, 0) is 36.4 Å². The molecule has 0 unspecified atom stereocenters. The van der Waals surface area contributed by atoms with Gasteiger partial charge in [-0.2, -0.15) is 0 Å². The number of hydrogen-bond acceptors (Lipinski definition) is 7. The van der Waals surface area contributed by atoms with E-state index >= 15 is 0 Å². The fraction of sp³-hybridized carbons (Fsp3) is 0.333. The third-order valence-electron chi connectivity index (χ3n) is 5.35. The maximum Gasteiger partial charge on any atom is 0.277 e. The summed E-state index contributed by atoms with van der Waals surface area (Å²) >= 11 is 1.22. The van der Waals surface area contributed by atoms with Gasteiger partial charge in [0, 0.05) is 49.0 Å². The number of benzene rings is 2. The molecule has 8 nitrogen and oxygen atoms in total. The fourth-order valence-electron chi connectivity index (χ4n) is 3.52. The molecule has 9 heteroatoms. The molecule has 1 N–H and O–H groups in total. The Bertz CT molecular complexity index is 1080. The van der Waals surface area contributed by atoms with Crippen molar-refractivity contribution >= 4 is 35.0 Å². The summed E-state index contributed by atoms with van der Waals surface area (Å²) in [5.41, 5.74) is 2.53. The molecule has 0 radical (unpaired) electrons. The number of nitrogens with one attached hydrogen (secondary N) is 1. The molecule has 0 aliphatic carbocycles. The first-order chi connectivity index (χ1) is 16.0. The van der Waals surface area contributed by atoms with E-state index in [1.165, 1.54) is 11.8 Å². The van der Waals surface area contributed by atoms with E-state index in [0.29, 0.717) is 24.2 Å². The molecule has 0 spiro atoms. The van der Waals surface area contributed by atoms with Crippen molar-refractivity contribution in [2.45, 2.75) is 25.0 Å². The number of hydrogen-bond donors (Lipinski definition) is 1. The number of carbonyl (C=O) groups excluding carboxylic acids is 2. The fourth-order valence-corrected chi connectivity index (χ4v) is 4.09. The zero-order valence-corrected chi connectivity index (χ0v) is 19.5. The zero-order valence-electron chi connectivity index (χ0n) is 18.7. The van der Waals surface area contributed by atoms with E-state index in [-0.39, 0.29) is 23.5 Å². The number of amides is 2. The van der Waals surface area contributed by atoms with E-state index < -0.39 is 0 Å². The summed E-state index contributed by atoms with van der Waals surface area (Å²) in [7, 11) is 0. The Hall–Kier alpha value is -3.33. The van der Waals surface area contributed by atoms with Gasteiger partial charge in [0.1, 0.15) is 0 Å². The number of carbonyl (C=O) groups is 2. The van der Waals surface area contributed by atoms with Gasteiger partial charge in [-0.1, -0.05) is 43.8 Å². The van der Waals surface area contributed by atoms with Crippen molar-refractivity contribution in [1.29, 1.82) is 0 Å². The molecule has 33 heavy (non-hydrogen) atoms. The lowest BCUT2D eigenvalue weighted by Crippen LogP contribution is -2.48. The minimum absolute atomic E-state index is 0.0761. The van der Waals surface area contributed by atoms with Crippen LogP contribution in [0, 0.1) is 0 Å². The maximum atomic E-state index is 12.6. The lowest BCUT2D eigenvalue weighted by molar-refractivity contribution is -0.113. The number of anilines is 2. The Morgan fingerprint density at radius 1 is 1.00 bits per heavy atom. The molecule has 0 atom stereocenters. The third kappa shape index (κ3) is 5.92. The van der Waals surface area contributed by atoms with Gasteiger partial charge in [0.25, 0.3) is 11.1 Å². The average Bonchev–Trinajstić information content (AvgIpc) is 3.33. The monoisotopic (exact) mass is 465 g/mol. The molecule has 3 aromatic rings. The predicted octanol–water partition coefficient (Wildman–Crippen LogP) is 3.89. The molecular formula is C24H27N5O3S. The lowest BCUT2D eigenvalue weighted by atomic mass is 10.1. The minimum atomic E-state index is -0.134. The van der Waals surface area contributed by atoms with E-state index in [1.807, 2.05) is 73.3 Å². The van der Waals surface area contributed by atoms with Gasteiger partial charge in [0.05, 0.1) is 5.75 Å². The number of nitrogens with zero attached hydrogens (tertiary/aromatic N) is 4. The highest BCUT2D eigenvalue weighted by atomic mass is 32.2. The zero-order chi connectivity index (χ0) is 23.2. The van der Waals surface area contributed by atoms with Crippen molar-refractivity contribution in [2.24, 2.45) is 0 Å². The molecule has 1 saturated heterocycles. The van der Waals surface area contributed by atoms with Crippen LogP contribution in [0.5, 0.6) is 0 Å². The Kier molecular flexibility index (Phi) is 7.29. The lowest BCUT2D eigenvalue weighted by Gasteiger charge is -2.36. The SMILES string of the molecule is CC(C)c1nnc(SCC(=O)Nc2ccc(N3CCN(C(=O)c4ccccc4)CC3)cc2)o1. The van der Waals surface area contributed by atoms with Gasteiger partial charge in [-0.3, -0.25) is 9.59 Å². The second-order valence-electron chi connectivity index (χ2n) is 8.09. The first-order valence-electron chi connectivity index (χ1n) is 10.9. The molecule has 1 aliphatic heterocycles. The normalized spacial score (nSPS) is 13.9. The van der Waals surface area contributed by atoms with Crippen molar-refractivity contribution < 1.29 is 14.0 Å². The molecule has 0 bridgehead atoms. The Balaban J connectivity index is 1.24. The van der Waals surface area contributed by atoms with Crippen LogP contribution in [-0.4, -0.2) is 58.8 Å². The number of thioether (sulfide) groups is 1. The Labute approximate surface area is 197 Å². The van der Waals surface area contributed by atoms with E-state index in [0.717, 1.165) is 30.0 Å². The molecule has 2 heterocycles.